The molecule has 3 heterocycles. The molecular weight excluding hydrogens is 420 g/mol. The lowest BCUT2D eigenvalue weighted by molar-refractivity contribution is 0.818. The van der Waals surface area contributed by atoms with Crippen LogP contribution < -0.4 is 11.1 Å². The molecule has 0 aliphatic rings. The van der Waals surface area contributed by atoms with E-state index in [1.165, 1.54) is 17.8 Å². The normalized spacial score (nSPS) is 11.3. The average molecular weight is 441 g/mol. The van der Waals surface area contributed by atoms with Crippen molar-refractivity contribution in [1.29, 1.82) is 0 Å². The van der Waals surface area contributed by atoms with Crippen molar-refractivity contribution < 1.29 is 0 Å². The summed E-state index contributed by atoms with van der Waals surface area (Å²) in [6.45, 7) is 3.94. The Kier molecular flexibility index (Phi) is 5.11. The van der Waals surface area contributed by atoms with Crippen LogP contribution in [0.15, 0.2) is 87.7 Å². The van der Waals surface area contributed by atoms with Crippen molar-refractivity contribution >= 4 is 28.3 Å². The number of pyridine rings is 1. The second-order valence-corrected chi connectivity index (χ2v) is 8.64. The summed E-state index contributed by atoms with van der Waals surface area (Å²) in [6, 6.07) is 20.4. The molecule has 158 valence electrons. The Morgan fingerprint density at radius 2 is 1.62 bits per heavy atom. The van der Waals surface area contributed by atoms with E-state index in [-0.39, 0.29) is 11.1 Å². The lowest BCUT2D eigenvalue weighted by Gasteiger charge is -2.13. The van der Waals surface area contributed by atoms with Gasteiger partial charge in [0.15, 0.2) is 5.16 Å². The Bertz CT molecular complexity index is 1590. The molecule has 0 fully saturated rings. The number of hydrogen-bond donors (Lipinski definition) is 0. The summed E-state index contributed by atoms with van der Waals surface area (Å²) >= 11 is 1.39. The zero-order chi connectivity index (χ0) is 22.2. The molecular formula is C25H20N4O2S. The number of fused-ring (bicyclic) bond motifs is 2. The maximum absolute atomic E-state index is 13.3. The fourth-order valence-corrected chi connectivity index (χ4v) is 4.51. The predicted octanol–water partition coefficient (Wildman–Crippen LogP) is 4.30. The molecule has 0 N–H and O–H groups in total. The highest BCUT2D eigenvalue weighted by atomic mass is 32.2. The van der Waals surface area contributed by atoms with Crippen LogP contribution in [-0.4, -0.2) is 18.9 Å². The number of hydrogen-bond acceptors (Lipinski definition) is 5. The van der Waals surface area contributed by atoms with Crippen molar-refractivity contribution in [2.24, 2.45) is 0 Å². The van der Waals surface area contributed by atoms with Crippen LogP contribution in [-0.2, 0) is 5.75 Å². The summed E-state index contributed by atoms with van der Waals surface area (Å²) in [5, 5.41) is 1.12. The Morgan fingerprint density at radius 1 is 0.875 bits per heavy atom. The summed E-state index contributed by atoms with van der Waals surface area (Å²) in [7, 11) is 0. The van der Waals surface area contributed by atoms with E-state index in [4.69, 9.17) is 4.98 Å². The van der Waals surface area contributed by atoms with Crippen molar-refractivity contribution in [3.63, 3.8) is 0 Å². The summed E-state index contributed by atoms with van der Waals surface area (Å²) in [4.78, 5) is 35.3. The lowest BCUT2D eigenvalue weighted by atomic mass is 10.2. The van der Waals surface area contributed by atoms with Gasteiger partial charge in [-0.15, -0.1) is 0 Å². The first-order valence-electron chi connectivity index (χ1n) is 10.2. The summed E-state index contributed by atoms with van der Waals surface area (Å²) in [5.41, 5.74) is 4.49. The molecule has 3 aromatic heterocycles. The van der Waals surface area contributed by atoms with E-state index >= 15 is 0 Å². The molecule has 2 aromatic carbocycles. The molecule has 0 aliphatic carbocycles. The van der Waals surface area contributed by atoms with Gasteiger partial charge in [0.1, 0.15) is 5.65 Å². The summed E-state index contributed by atoms with van der Waals surface area (Å²) < 4.78 is 3.17. The molecule has 0 amide bonds. The van der Waals surface area contributed by atoms with Gasteiger partial charge in [-0.1, -0.05) is 47.7 Å². The van der Waals surface area contributed by atoms with E-state index < -0.39 is 0 Å². The van der Waals surface area contributed by atoms with Gasteiger partial charge >= 0.3 is 0 Å². The Hall–Kier alpha value is -3.71. The molecule has 0 radical (unpaired) electrons. The van der Waals surface area contributed by atoms with Gasteiger partial charge in [-0.25, -0.2) is 9.97 Å². The van der Waals surface area contributed by atoms with Gasteiger partial charge in [-0.3, -0.25) is 18.6 Å². The van der Waals surface area contributed by atoms with Crippen LogP contribution in [0.2, 0.25) is 0 Å². The van der Waals surface area contributed by atoms with Gasteiger partial charge in [-0.2, -0.15) is 0 Å². The number of thioether (sulfide) groups is 1. The highest BCUT2D eigenvalue weighted by Crippen LogP contribution is 2.24. The summed E-state index contributed by atoms with van der Waals surface area (Å²) in [5.74, 6) is 0.413. The second kappa shape index (κ2) is 8.09. The molecule has 0 spiro atoms. The van der Waals surface area contributed by atoms with Crippen molar-refractivity contribution in [3.8, 4) is 5.69 Å². The van der Waals surface area contributed by atoms with E-state index in [1.807, 2.05) is 68.4 Å². The molecule has 0 saturated carbocycles. The minimum absolute atomic E-state index is 0.121. The smallest absolute Gasteiger partial charge is 0.266 e. The number of nitrogens with zero attached hydrogens (tertiary/aromatic N) is 4. The third-order valence-corrected chi connectivity index (χ3v) is 6.22. The van der Waals surface area contributed by atoms with E-state index in [0.29, 0.717) is 33.2 Å². The maximum Gasteiger partial charge on any atom is 0.266 e. The second-order valence-electron chi connectivity index (χ2n) is 7.70. The number of rotatable bonds is 4. The summed E-state index contributed by atoms with van der Waals surface area (Å²) in [6.07, 6.45) is 1.78. The van der Waals surface area contributed by atoms with Crippen molar-refractivity contribution in [2.75, 3.05) is 0 Å². The van der Waals surface area contributed by atoms with Gasteiger partial charge in [0.05, 0.1) is 22.3 Å². The van der Waals surface area contributed by atoms with Gasteiger partial charge < -0.3 is 0 Å². The quantitative estimate of drug-likeness (QED) is 0.308. The van der Waals surface area contributed by atoms with Gasteiger partial charge in [0, 0.05) is 18.0 Å². The first-order chi connectivity index (χ1) is 15.5. The highest BCUT2D eigenvalue weighted by Gasteiger charge is 2.14. The fourth-order valence-electron chi connectivity index (χ4n) is 3.60. The van der Waals surface area contributed by atoms with Crippen LogP contribution >= 0.6 is 11.8 Å². The zero-order valence-electron chi connectivity index (χ0n) is 17.6. The van der Waals surface area contributed by atoms with Crippen LogP contribution in [0.25, 0.3) is 22.2 Å². The van der Waals surface area contributed by atoms with Gasteiger partial charge in [-0.05, 0) is 49.7 Å². The predicted molar refractivity (Wildman–Crippen MR) is 128 cm³/mol. The third-order valence-electron chi connectivity index (χ3n) is 5.25. The molecule has 0 saturated heterocycles. The van der Waals surface area contributed by atoms with Crippen LogP contribution in [0.4, 0.5) is 0 Å². The molecule has 0 unspecified atom stereocenters. The molecule has 32 heavy (non-hydrogen) atoms. The first kappa shape index (κ1) is 20.2. The molecule has 0 bridgehead atoms. The largest absolute Gasteiger partial charge is 0.269 e. The van der Waals surface area contributed by atoms with Crippen molar-refractivity contribution in [2.45, 2.75) is 24.8 Å². The number of aryl methyl sites for hydroxylation is 2. The van der Waals surface area contributed by atoms with Gasteiger partial charge in [0.25, 0.3) is 11.1 Å². The highest BCUT2D eigenvalue weighted by molar-refractivity contribution is 7.98. The Balaban J connectivity index is 1.59. The SMILES string of the molecule is Cc1ccc(-n2c(SCc3cc(=O)n4cc(C)ccc4n3)nc3ccccc3c2=O)cc1. The Morgan fingerprint density at radius 3 is 2.44 bits per heavy atom. The number of aromatic nitrogens is 4. The monoisotopic (exact) mass is 440 g/mol. The zero-order valence-corrected chi connectivity index (χ0v) is 18.5. The van der Waals surface area contributed by atoms with Crippen LogP contribution in [0.3, 0.4) is 0 Å². The topological polar surface area (TPSA) is 69.3 Å². The van der Waals surface area contributed by atoms with E-state index in [0.717, 1.165) is 16.8 Å². The minimum atomic E-state index is -0.128. The first-order valence-corrected chi connectivity index (χ1v) is 11.2. The van der Waals surface area contributed by atoms with Crippen molar-refractivity contribution in [3.05, 3.63) is 110 Å². The molecule has 5 aromatic rings. The fraction of sp³-hybridized carbons (Fsp3) is 0.120. The molecule has 7 heteroatoms. The Labute approximate surface area is 188 Å². The molecule has 0 atom stereocenters. The van der Waals surface area contributed by atoms with E-state index in [1.54, 1.807) is 21.2 Å². The van der Waals surface area contributed by atoms with Crippen molar-refractivity contribution in [1.82, 2.24) is 18.9 Å². The molecule has 5 rings (SSSR count). The molecule has 6 nitrogen and oxygen atoms in total. The number of benzene rings is 2. The minimum Gasteiger partial charge on any atom is -0.269 e. The molecule has 0 aliphatic heterocycles. The van der Waals surface area contributed by atoms with Crippen LogP contribution in [0.1, 0.15) is 16.8 Å². The van der Waals surface area contributed by atoms with Crippen LogP contribution in [0.5, 0.6) is 0 Å². The lowest BCUT2D eigenvalue weighted by Crippen LogP contribution is -2.22. The third kappa shape index (κ3) is 3.71. The van der Waals surface area contributed by atoms with Gasteiger partial charge in [0.2, 0.25) is 0 Å². The van der Waals surface area contributed by atoms with E-state index in [2.05, 4.69) is 4.98 Å². The average Bonchev–Trinajstić information content (AvgIpc) is 2.79. The van der Waals surface area contributed by atoms with Crippen LogP contribution in [0, 0.1) is 13.8 Å². The number of para-hydroxylation sites is 1. The van der Waals surface area contributed by atoms with E-state index in [9.17, 15) is 9.59 Å². The maximum atomic E-state index is 13.3. The standard InChI is InChI=1S/C25H20N4O2S/c1-16-7-10-19(11-8-16)29-24(31)20-5-3-4-6-21(20)27-25(29)32-15-18-13-23(30)28-14-17(2)9-12-22(28)26-18/h3-14H,15H2,1-2H3.